The summed E-state index contributed by atoms with van der Waals surface area (Å²) in [6.07, 6.45) is 2.35. The molecule has 1 aliphatic rings. The van der Waals surface area contributed by atoms with Crippen LogP contribution in [0.5, 0.6) is 0 Å². The highest BCUT2D eigenvalue weighted by Gasteiger charge is 2.33. The smallest absolute Gasteiger partial charge is 0.276 e. The summed E-state index contributed by atoms with van der Waals surface area (Å²) in [7, 11) is 0. The first-order valence-corrected chi connectivity index (χ1v) is 8.31. The van der Waals surface area contributed by atoms with Crippen LogP contribution in [0.3, 0.4) is 0 Å². The minimum absolute atomic E-state index is 0.211. The lowest BCUT2D eigenvalue weighted by molar-refractivity contribution is -0.126. The van der Waals surface area contributed by atoms with Crippen molar-refractivity contribution in [1.82, 2.24) is 15.4 Å². The molecule has 0 bridgehead atoms. The predicted octanol–water partition coefficient (Wildman–Crippen LogP) is 2.43. The van der Waals surface area contributed by atoms with Gasteiger partial charge in [-0.2, -0.15) is 0 Å². The van der Waals surface area contributed by atoms with E-state index in [4.69, 9.17) is 4.52 Å². The molecule has 6 nitrogen and oxygen atoms in total. The maximum atomic E-state index is 12.9. The third-order valence-corrected chi connectivity index (χ3v) is 4.29. The quantitative estimate of drug-likeness (QED) is 0.923. The molecule has 2 heterocycles. The monoisotopic (exact) mass is 345 g/mol. The van der Waals surface area contributed by atoms with E-state index >= 15 is 0 Å². The molecular formula is C18H20FN3O3. The second-order valence-electron chi connectivity index (χ2n) is 6.18. The van der Waals surface area contributed by atoms with Crippen molar-refractivity contribution in [1.29, 1.82) is 0 Å². The molecule has 25 heavy (non-hydrogen) atoms. The topological polar surface area (TPSA) is 75.4 Å². The number of benzene rings is 1. The Morgan fingerprint density at radius 1 is 1.32 bits per heavy atom. The van der Waals surface area contributed by atoms with Crippen LogP contribution in [0.1, 0.15) is 41.1 Å². The van der Waals surface area contributed by atoms with Crippen LogP contribution in [0, 0.1) is 12.7 Å². The number of carbonyl (C=O) groups excluding carboxylic acids is 2. The van der Waals surface area contributed by atoms with E-state index in [1.54, 1.807) is 30.0 Å². The molecule has 2 amide bonds. The minimum atomic E-state index is -0.529. The molecule has 1 N–H and O–H groups in total. The van der Waals surface area contributed by atoms with Gasteiger partial charge < -0.3 is 14.7 Å². The average molecular weight is 345 g/mol. The number of carbonyl (C=O) groups is 2. The molecular weight excluding hydrogens is 325 g/mol. The van der Waals surface area contributed by atoms with Crippen molar-refractivity contribution in [3.63, 3.8) is 0 Å². The largest absolute Gasteiger partial charge is 0.361 e. The van der Waals surface area contributed by atoms with E-state index in [2.05, 4.69) is 10.5 Å². The molecule has 2 aromatic rings. The molecule has 1 atom stereocenters. The molecule has 0 saturated carbocycles. The third-order valence-electron chi connectivity index (χ3n) is 4.29. The van der Waals surface area contributed by atoms with Crippen molar-refractivity contribution in [2.24, 2.45) is 0 Å². The van der Waals surface area contributed by atoms with Crippen LogP contribution in [0.4, 0.5) is 4.39 Å². The lowest BCUT2D eigenvalue weighted by atomic mass is 10.0. The highest BCUT2D eigenvalue weighted by atomic mass is 19.1. The maximum Gasteiger partial charge on any atom is 0.276 e. The highest BCUT2D eigenvalue weighted by Crippen LogP contribution is 2.20. The van der Waals surface area contributed by atoms with E-state index in [1.165, 1.54) is 12.1 Å². The Morgan fingerprint density at radius 2 is 2.08 bits per heavy atom. The van der Waals surface area contributed by atoms with Gasteiger partial charge in [0, 0.05) is 19.2 Å². The van der Waals surface area contributed by atoms with Crippen LogP contribution in [0.2, 0.25) is 0 Å². The van der Waals surface area contributed by atoms with E-state index in [0.717, 1.165) is 18.4 Å². The normalized spacial score (nSPS) is 17.4. The predicted molar refractivity (Wildman–Crippen MR) is 88.2 cm³/mol. The van der Waals surface area contributed by atoms with Crippen LogP contribution in [-0.2, 0) is 11.3 Å². The van der Waals surface area contributed by atoms with Crippen LogP contribution in [0.15, 0.2) is 34.9 Å². The van der Waals surface area contributed by atoms with Gasteiger partial charge in [-0.3, -0.25) is 9.59 Å². The molecule has 1 aromatic heterocycles. The Balaban J connectivity index is 1.66. The summed E-state index contributed by atoms with van der Waals surface area (Å²) in [6, 6.07) is 6.99. The first kappa shape index (κ1) is 17.1. The SMILES string of the molecule is Cc1cc(C(=O)N2CCCCC2C(=O)NCc2ccc(F)cc2)no1. The molecule has 0 aliphatic carbocycles. The van der Waals surface area contributed by atoms with Gasteiger partial charge in [0.1, 0.15) is 17.6 Å². The fourth-order valence-electron chi connectivity index (χ4n) is 2.97. The summed E-state index contributed by atoms with van der Waals surface area (Å²) >= 11 is 0. The Bertz CT molecular complexity index is 757. The van der Waals surface area contributed by atoms with E-state index in [1.807, 2.05) is 0 Å². The molecule has 1 fully saturated rings. The fraction of sp³-hybridized carbons (Fsp3) is 0.389. The van der Waals surface area contributed by atoms with E-state index < -0.39 is 6.04 Å². The second-order valence-corrected chi connectivity index (χ2v) is 6.18. The number of amides is 2. The number of hydrogen-bond donors (Lipinski definition) is 1. The summed E-state index contributed by atoms with van der Waals surface area (Å²) in [5.74, 6) is -0.268. The maximum absolute atomic E-state index is 12.9. The number of piperidine rings is 1. The van der Waals surface area contributed by atoms with Gasteiger partial charge >= 0.3 is 0 Å². The van der Waals surface area contributed by atoms with Crippen LogP contribution < -0.4 is 5.32 Å². The summed E-state index contributed by atoms with van der Waals surface area (Å²) in [5.41, 5.74) is 1.02. The van der Waals surface area contributed by atoms with Crippen molar-refractivity contribution in [2.45, 2.75) is 38.8 Å². The van der Waals surface area contributed by atoms with Crippen LogP contribution in [0.25, 0.3) is 0 Å². The molecule has 0 radical (unpaired) electrons. The number of aryl methyl sites for hydroxylation is 1. The van der Waals surface area contributed by atoms with Gasteiger partial charge in [-0.15, -0.1) is 0 Å². The second kappa shape index (κ2) is 7.46. The van der Waals surface area contributed by atoms with Gasteiger partial charge in [-0.25, -0.2) is 4.39 Å². The first-order chi connectivity index (χ1) is 12.0. The van der Waals surface area contributed by atoms with Gasteiger partial charge in [0.15, 0.2) is 5.69 Å². The highest BCUT2D eigenvalue weighted by molar-refractivity contribution is 5.96. The molecule has 3 rings (SSSR count). The van der Waals surface area contributed by atoms with Crippen molar-refractivity contribution < 1.29 is 18.5 Å². The van der Waals surface area contributed by atoms with Gasteiger partial charge in [0.05, 0.1) is 0 Å². The number of halogens is 1. The Kier molecular flexibility index (Phi) is 5.11. The van der Waals surface area contributed by atoms with Gasteiger partial charge in [-0.1, -0.05) is 17.3 Å². The molecule has 1 aromatic carbocycles. The Hall–Kier alpha value is -2.70. The molecule has 7 heteroatoms. The molecule has 1 unspecified atom stereocenters. The number of rotatable bonds is 4. The van der Waals surface area contributed by atoms with Gasteiger partial charge in [0.25, 0.3) is 5.91 Å². The standard InChI is InChI=1S/C18H20FN3O3/c1-12-10-15(21-25-12)18(24)22-9-3-2-4-16(22)17(23)20-11-13-5-7-14(19)8-6-13/h5-8,10,16H,2-4,9,11H2,1H3,(H,20,23). The summed E-state index contributed by atoms with van der Waals surface area (Å²) in [6.45, 7) is 2.52. The zero-order valence-electron chi connectivity index (χ0n) is 14.0. The minimum Gasteiger partial charge on any atom is -0.361 e. The summed E-state index contributed by atoms with van der Waals surface area (Å²) in [4.78, 5) is 26.7. The lowest BCUT2D eigenvalue weighted by Gasteiger charge is -2.34. The summed E-state index contributed by atoms with van der Waals surface area (Å²) < 4.78 is 17.9. The zero-order chi connectivity index (χ0) is 17.8. The molecule has 1 saturated heterocycles. The number of hydrogen-bond acceptors (Lipinski definition) is 4. The summed E-state index contributed by atoms with van der Waals surface area (Å²) in [5, 5.41) is 6.58. The molecule has 132 valence electrons. The lowest BCUT2D eigenvalue weighted by Crippen LogP contribution is -2.51. The van der Waals surface area contributed by atoms with Gasteiger partial charge in [0.2, 0.25) is 5.91 Å². The molecule has 0 spiro atoms. The number of nitrogens with zero attached hydrogens (tertiary/aromatic N) is 2. The van der Waals surface area contributed by atoms with E-state index in [-0.39, 0.29) is 23.3 Å². The van der Waals surface area contributed by atoms with Crippen molar-refractivity contribution in [3.8, 4) is 0 Å². The fourth-order valence-corrected chi connectivity index (χ4v) is 2.97. The zero-order valence-corrected chi connectivity index (χ0v) is 14.0. The van der Waals surface area contributed by atoms with Crippen molar-refractivity contribution in [3.05, 3.63) is 53.2 Å². The Morgan fingerprint density at radius 3 is 2.76 bits per heavy atom. The van der Waals surface area contributed by atoms with Crippen LogP contribution in [-0.4, -0.2) is 34.5 Å². The Labute approximate surface area is 145 Å². The van der Waals surface area contributed by atoms with Gasteiger partial charge in [-0.05, 0) is 43.9 Å². The first-order valence-electron chi connectivity index (χ1n) is 8.31. The average Bonchev–Trinajstić information content (AvgIpc) is 3.07. The van der Waals surface area contributed by atoms with E-state index in [9.17, 15) is 14.0 Å². The number of aromatic nitrogens is 1. The third kappa shape index (κ3) is 4.04. The van der Waals surface area contributed by atoms with Crippen LogP contribution >= 0.6 is 0 Å². The molecule has 1 aliphatic heterocycles. The van der Waals surface area contributed by atoms with Crippen molar-refractivity contribution >= 4 is 11.8 Å². The number of likely N-dealkylation sites (tertiary alicyclic amines) is 1. The van der Waals surface area contributed by atoms with E-state index in [0.29, 0.717) is 25.3 Å². The number of nitrogens with one attached hydrogen (secondary N) is 1. The van der Waals surface area contributed by atoms with Crippen molar-refractivity contribution in [2.75, 3.05) is 6.54 Å².